The molecule has 0 aliphatic rings. The number of nitrogens with zero attached hydrogens (tertiary/aromatic N) is 3. The molecule has 0 bridgehead atoms. The van der Waals surface area contributed by atoms with E-state index < -0.39 is 30.3 Å². The zero-order valence-corrected chi connectivity index (χ0v) is 16.1. The molecule has 7 nitrogen and oxygen atoms in total. The number of aliphatic hydroxyl groups excluding tert-OH is 1. The number of nitrogens with one attached hydrogen (secondary N) is 1. The third-order valence-corrected chi connectivity index (χ3v) is 4.34. The summed E-state index contributed by atoms with van der Waals surface area (Å²) in [6.07, 6.45) is -4.45. The number of aromatic nitrogens is 2. The lowest BCUT2D eigenvalue weighted by atomic mass is 10.1. The predicted octanol–water partition coefficient (Wildman–Crippen LogP) is 3.28. The molecule has 0 saturated carbocycles. The normalized spacial score (nSPS) is 12.5. The number of carbonyl (C=O) groups is 1. The van der Waals surface area contributed by atoms with Crippen molar-refractivity contribution in [3.63, 3.8) is 0 Å². The SMILES string of the molecule is CN(C)c1ccc(C(=O)N[C@@H](CO)c2nc(-c3ccc(C(F)(F)F)cc3)no2)cc1. The Bertz CT molecular complexity index is 999. The molecule has 3 aromatic rings. The first-order valence-corrected chi connectivity index (χ1v) is 8.89. The van der Waals surface area contributed by atoms with Crippen molar-refractivity contribution in [2.24, 2.45) is 0 Å². The lowest BCUT2D eigenvalue weighted by molar-refractivity contribution is -0.137. The summed E-state index contributed by atoms with van der Waals surface area (Å²) >= 11 is 0. The van der Waals surface area contributed by atoms with Gasteiger partial charge in [0.2, 0.25) is 5.82 Å². The first kappa shape index (κ1) is 21.3. The summed E-state index contributed by atoms with van der Waals surface area (Å²) in [6.45, 7) is -0.504. The maximum atomic E-state index is 12.7. The zero-order chi connectivity index (χ0) is 21.9. The Morgan fingerprint density at radius 2 is 1.77 bits per heavy atom. The van der Waals surface area contributed by atoms with Gasteiger partial charge in [0.15, 0.2) is 0 Å². The minimum atomic E-state index is -4.45. The molecule has 2 N–H and O–H groups in total. The molecule has 0 unspecified atom stereocenters. The summed E-state index contributed by atoms with van der Waals surface area (Å²) < 4.78 is 43.1. The van der Waals surface area contributed by atoms with Crippen LogP contribution in [0.5, 0.6) is 0 Å². The lowest BCUT2D eigenvalue weighted by Crippen LogP contribution is -2.31. The van der Waals surface area contributed by atoms with Gasteiger partial charge in [0, 0.05) is 30.9 Å². The smallest absolute Gasteiger partial charge is 0.394 e. The van der Waals surface area contributed by atoms with Crippen LogP contribution < -0.4 is 10.2 Å². The molecule has 1 amide bonds. The van der Waals surface area contributed by atoms with Gasteiger partial charge in [-0.2, -0.15) is 18.2 Å². The molecule has 0 aliphatic carbocycles. The Morgan fingerprint density at radius 3 is 2.30 bits per heavy atom. The van der Waals surface area contributed by atoms with Gasteiger partial charge in [-0.1, -0.05) is 17.3 Å². The van der Waals surface area contributed by atoms with Gasteiger partial charge in [0.1, 0.15) is 6.04 Å². The monoisotopic (exact) mass is 420 g/mol. The van der Waals surface area contributed by atoms with E-state index in [9.17, 15) is 23.1 Å². The Kier molecular flexibility index (Phi) is 6.06. The van der Waals surface area contributed by atoms with Crippen LogP contribution in [0.15, 0.2) is 53.1 Å². The molecule has 3 rings (SSSR count). The summed E-state index contributed by atoms with van der Waals surface area (Å²) in [4.78, 5) is 18.4. The van der Waals surface area contributed by atoms with Gasteiger partial charge in [0.05, 0.1) is 12.2 Å². The Morgan fingerprint density at radius 1 is 1.13 bits per heavy atom. The molecule has 1 heterocycles. The molecule has 10 heteroatoms. The van der Waals surface area contributed by atoms with E-state index in [1.165, 1.54) is 12.1 Å². The van der Waals surface area contributed by atoms with Crippen LogP contribution in [0.3, 0.4) is 0 Å². The van der Waals surface area contributed by atoms with Crippen molar-refractivity contribution < 1.29 is 27.6 Å². The van der Waals surface area contributed by atoms with Gasteiger partial charge in [-0.25, -0.2) is 0 Å². The number of hydrogen-bond acceptors (Lipinski definition) is 6. The lowest BCUT2D eigenvalue weighted by Gasteiger charge is -2.14. The number of anilines is 1. The van der Waals surface area contributed by atoms with E-state index in [4.69, 9.17) is 4.52 Å². The second-order valence-electron chi connectivity index (χ2n) is 6.68. The summed E-state index contributed by atoms with van der Waals surface area (Å²) in [5, 5.41) is 15.9. The van der Waals surface area contributed by atoms with Crippen molar-refractivity contribution in [2.75, 3.05) is 25.6 Å². The van der Waals surface area contributed by atoms with E-state index >= 15 is 0 Å². The highest BCUT2D eigenvalue weighted by atomic mass is 19.4. The molecule has 1 atom stereocenters. The van der Waals surface area contributed by atoms with Crippen LogP contribution in [0.4, 0.5) is 18.9 Å². The predicted molar refractivity (Wildman–Crippen MR) is 103 cm³/mol. The molecule has 0 saturated heterocycles. The minimum Gasteiger partial charge on any atom is -0.394 e. The third kappa shape index (κ3) is 4.77. The molecule has 1 aromatic heterocycles. The number of amides is 1. The summed E-state index contributed by atoms with van der Waals surface area (Å²) in [6, 6.07) is 10.1. The summed E-state index contributed by atoms with van der Waals surface area (Å²) in [7, 11) is 3.75. The number of carbonyl (C=O) groups excluding carboxylic acids is 1. The molecule has 0 fully saturated rings. The highest BCUT2D eigenvalue weighted by Crippen LogP contribution is 2.30. The van der Waals surface area contributed by atoms with Crippen molar-refractivity contribution in [1.29, 1.82) is 0 Å². The fourth-order valence-electron chi connectivity index (χ4n) is 2.64. The standard InChI is InChI=1S/C20H19F3N4O3/c1-27(2)15-9-5-13(6-10-15)18(29)24-16(11-28)19-25-17(26-30-19)12-3-7-14(8-4-12)20(21,22)23/h3-10,16,28H,11H2,1-2H3,(H,24,29)/t16-/m0/s1. The fraction of sp³-hybridized carbons (Fsp3) is 0.250. The van der Waals surface area contributed by atoms with E-state index in [0.717, 1.165) is 17.8 Å². The zero-order valence-electron chi connectivity index (χ0n) is 16.1. The first-order valence-electron chi connectivity index (χ1n) is 8.89. The van der Waals surface area contributed by atoms with Crippen molar-refractivity contribution in [3.05, 3.63) is 65.5 Å². The average molecular weight is 420 g/mol. The first-order chi connectivity index (χ1) is 14.2. The fourth-order valence-corrected chi connectivity index (χ4v) is 2.64. The number of alkyl halides is 3. The van der Waals surface area contributed by atoms with Crippen molar-refractivity contribution in [3.8, 4) is 11.4 Å². The van der Waals surface area contributed by atoms with Gasteiger partial charge in [-0.05, 0) is 36.4 Å². The molecule has 30 heavy (non-hydrogen) atoms. The average Bonchev–Trinajstić information content (AvgIpc) is 3.21. The molecule has 0 radical (unpaired) electrons. The molecule has 158 valence electrons. The topological polar surface area (TPSA) is 91.5 Å². The van der Waals surface area contributed by atoms with E-state index in [2.05, 4.69) is 15.5 Å². The van der Waals surface area contributed by atoms with Gasteiger partial charge in [-0.15, -0.1) is 0 Å². The van der Waals surface area contributed by atoms with Crippen molar-refractivity contribution >= 4 is 11.6 Å². The van der Waals surface area contributed by atoms with Crippen molar-refractivity contribution in [2.45, 2.75) is 12.2 Å². The summed E-state index contributed by atoms with van der Waals surface area (Å²) in [5.74, 6) is -0.471. The Labute approximate surface area is 170 Å². The van der Waals surface area contributed by atoms with Crippen LogP contribution in [0.25, 0.3) is 11.4 Å². The minimum absolute atomic E-state index is 0.0433. The van der Waals surface area contributed by atoms with Crippen LogP contribution in [0.2, 0.25) is 0 Å². The number of rotatable bonds is 6. The third-order valence-electron chi connectivity index (χ3n) is 4.34. The van der Waals surface area contributed by atoms with Crippen LogP contribution in [0, 0.1) is 0 Å². The van der Waals surface area contributed by atoms with Gasteiger partial charge < -0.3 is 19.8 Å². The maximum absolute atomic E-state index is 12.7. The van der Waals surface area contributed by atoms with Crippen LogP contribution in [-0.4, -0.2) is 41.9 Å². The second kappa shape index (κ2) is 8.54. The van der Waals surface area contributed by atoms with Gasteiger partial charge in [-0.3, -0.25) is 4.79 Å². The summed E-state index contributed by atoms with van der Waals surface area (Å²) in [5.41, 5.74) is 0.806. The van der Waals surface area contributed by atoms with E-state index in [-0.39, 0.29) is 11.7 Å². The molecule has 2 aromatic carbocycles. The number of hydrogen-bond donors (Lipinski definition) is 2. The van der Waals surface area contributed by atoms with Gasteiger partial charge in [0.25, 0.3) is 11.8 Å². The maximum Gasteiger partial charge on any atom is 0.416 e. The quantitative estimate of drug-likeness (QED) is 0.636. The van der Waals surface area contributed by atoms with Gasteiger partial charge >= 0.3 is 6.18 Å². The molecular formula is C20H19F3N4O3. The van der Waals surface area contributed by atoms with E-state index in [1.54, 1.807) is 24.3 Å². The highest BCUT2D eigenvalue weighted by Gasteiger charge is 2.30. The number of benzene rings is 2. The van der Waals surface area contributed by atoms with Crippen molar-refractivity contribution in [1.82, 2.24) is 15.5 Å². The highest BCUT2D eigenvalue weighted by molar-refractivity contribution is 5.94. The number of halogens is 3. The van der Waals surface area contributed by atoms with Crippen LogP contribution >= 0.6 is 0 Å². The largest absolute Gasteiger partial charge is 0.416 e. The number of aliphatic hydroxyl groups is 1. The van der Waals surface area contributed by atoms with E-state index in [0.29, 0.717) is 11.1 Å². The Hall–Kier alpha value is -3.40. The second-order valence-corrected chi connectivity index (χ2v) is 6.68. The van der Waals surface area contributed by atoms with Crippen LogP contribution in [0.1, 0.15) is 27.9 Å². The molecule has 0 aliphatic heterocycles. The molecule has 0 spiro atoms. The Balaban J connectivity index is 1.73. The van der Waals surface area contributed by atoms with Crippen LogP contribution in [-0.2, 0) is 6.18 Å². The molecular weight excluding hydrogens is 401 g/mol. The van der Waals surface area contributed by atoms with E-state index in [1.807, 2.05) is 19.0 Å².